The van der Waals surface area contributed by atoms with Crippen molar-refractivity contribution in [2.45, 2.75) is 76.0 Å². The number of anilines is 3. The van der Waals surface area contributed by atoms with Crippen LogP contribution in [-0.4, -0.2) is 122 Å². The summed E-state index contributed by atoms with van der Waals surface area (Å²) in [6, 6.07) is 10.9. The molecule has 70 heavy (non-hydrogen) atoms. The number of urea groups is 1. The molecule has 1 aromatic carbocycles. The Balaban J connectivity index is 0.840. The number of allylic oxidation sites excluding steroid dienone is 1. The van der Waals surface area contributed by atoms with Crippen molar-refractivity contribution in [3.05, 3.63) is 95.5 Å². The number of nitrogens with two attached hydrogens (primary N) is 1. The molecule has 7 N–H and O–H groups in total. The largest absolute Gasteiger partial charge is 0.416 e. The number of unbranched alkanes of at least 4 members (excludes halogenated alkanes) is 1. The third kappa shape index (κ3) is 11.8. The molecule has 22 heteroatoms. The number of nitrogen functional groups attached to an aromatic ring is 1. The number of fused-ring (bicyclic) bond motifs is 1. The summed E-state index contributed by atoms with van der Waals surface area (Å²) >= 11 is 0. The van der Waals surface area contributed by atoms with Crippen molar-refractivity contribution >= 4 is 70.0 Å². The van der Waals surface area contributed by atoms with Gasteiger partial charge in [-0.1, -0.05) is 43.5 Å². The predicted molar refractivity (Wildman–Crippen MR) is 253 cm³/mol. The van der Waals surface area contributed by atoms with Gasteiger partial charge in [0.25, 0.3) is 11.8 Å². The van der Waals surface area contributed by atoms with Crippen molar-refractivity contribution in [1.29, 1.82) is 0 Å². The molecular formula is C48H52F3N13O6. The van der Waals surface area contributed by atoms with Crippen molar-refractivity contribution in [2.24, 2.45) is 0 Å². The first-order valence-corrected chi connectivity index (χ1v) is 23.1. The minimum Gasteiger partial charge on any atom is -0.383 e. The number of hydrogen-bond acceptors (Lipinski definition) is 12. The molecule has 5 aromatic rings. The van der Waals surface area contributed by atoms with Gasteiger partial charge in [0.1, 0.15) is 23.0 Å². The van der Waals surface area contributed by atoms with Crippen LogP contribution < -0.4 is 31.9 Å². The molecule has 0 spiro atoms. The lowest BCUT2D eigenvalue weighted by Gasteiger charge is -2.46. The van der Waals surface area contributed by atoms with E-state index in [1.165, 1.54) is 23.2 Å². The smallest absolute Gasteiger partial charge is 0.383 e. The molecule has 0 atom stereocenters. The van der Waals surface area contributed by atoms with E-state index in [4.69, 9.17) is 5.73 Å². The number of amides is 7. The molecule has 3 aliphatic rings. The molecule has 3 fully saturated rings. The first-order chi connectivity index (χ1) is 33.7. The molecule has 8 rings (SSSR count). The highest BCUT2D eigenvalue weighted by atomic mass is 19.4. The van der Waals surface area contributed by atoms with E-state index in [1.807, 2.05) is 17.1 Å². The van der Waals surface area contributed by atoms with Gasteiger partial charge < -0.3 is 36.4 Å². The number of hydrogen-bond donors (Lipinski definition) is 6. The van der Waals surface area contributed by atoms with E-state index in [0.29, 0.717) is 71.6 Å². The number of carbonyl (C=O) groups excluding carboxylic acids is 6. The summed E-state index contributed by atoms with van der Waals surface area (Å²) in [6.07, 6.45) is 9.47. The lowest BCUT2D eigenvalue weighted by molar-refractivity contribution is -0.137. The Hall–Kier alpha value is -7.91. The fourth-order valence-electron chi connectivity index (χ4n) is 8.66. The van der Waals surface area contributed by atoms with Gasteiger partial charge in [-0.05, 0) is 62.1 Å². The van der Waals surface area contributed by atoms with E-state index in [1.54, 1.807) is 35.4 Å². The summed E-state index contributed by atoms with van der Waals surface area (Å²) in [5, 5.41) is 18.6. The van der Waals surface area contributed by atoms with Crippen LogP contribution in [0.1, 0.15) is 89.6 Å². The van der Waals surface area contributed by atoms with E-state index < -0.39 is 23.6 Å². The molecule has 0 unspecified atom stereocenters. The Bertz CT molecular complexity index is 2770. The standard InChI is InChI=1S/C48H52F3N13O6/c49-48(50,51)33-16-19-53-36(23-33)58-46(69)30-12-10-29(11-13-30)42-41-43(61-60-42)31(24-56-44(41)52)7-3-2-6-21-62(28-39(66)57-34-8-4-1-5-9-34)40(67)17-20-54-45(68)32-14-15-37(55-25-32)63-26-35(27-63)64-22-18-38(65)59-47(64)70/h3,7,10-16,19,23-25,34-35H,1-2,4-6,8-9,17-18,20-22,26-28H2,(H2,52,56)(H,54,68)(H,57,66)(H,60,61)(H,53,58,69)(H,59,65,70)/b7-3+. The van der Waals surface area contributed by atoms with Gasteiger partial charge in [-0.3, -0.25) is 34.4 Å². The van der Waals surface area contributed by atoms with Crippen LogP contribution in [0.3, 0.4) is 0 Å². The summed E-state index contributed by atoms with van der Waals surface area (Å²) in [7, 11) is 0. The van der Waals surface area contributed by atoms with Gasteiger partial charge in [0, 0.05) is 86.9 Å². The van der Waals surface area contributed by atoms with Crippen LogP contribution in [0.15, 0.2) is 73.2 Å². The number of nitrogens with one attached hydrogen (secondary N) is 5. The van der Waals surface area contributed by atoms with Gasteiger partial charge in [0.2, 0.25) is 17.7 Å². The van der Waals surface area contributed by atoms with Gasteiger partial charge in [-0.15, -0.1) is 0 Å². The highest BCUT2D eigenvalue weighted by Crippen LogP contribution is 2.33. The van der Waals surface area contributed by atoms with Crippen LogP contribution >= 0.6 is 0 Å². The zero-order valence-electron chi connectivity index (χ0n) is 38.1. The van der Waals surface area contributed by atoms with Crippen molar-refractivity contribution in [3.63, 3.8) is 0 Å². The number of nitrogens with zero attached hydrogens (tertiary/aromatic N) is 7. The molecule has 1 aliphatic carbocycles. The number of halogens is 3. The zero-order valence-corrected chi connectivity index (χ0v) is 38.1. The third-order valence-electron chi connectivity index (χ3n) is 12.5. The number of alkyl halides is 3. The number of imide groups is 1. The van der Waals surface area contributed by atoms with Gasteiger partial charge >= 0.3 is 12.2 Å². The second-order valence-corrected chi connectivity index (χ2v) is 17.4. The van der Waals surface area contributed by atoms with Crippen LogP contribution in [0, 0.1) is 0 Å². The summed E-state index contributed by atoms with van der Waals surface area (Å²) in [6.45, 7) is 1.68. The average Bonchev–Trinajstić information content (AvgIpc) is 3.79. The minimum atomic E-state index is -4.59. The first-order valence-electron chi connectivity index (χ1n) is 23.1. The number of H-pyrrole nitrogens is 1. The summed E-state index contributed by atoms with van der Waals surface area (Å²) in [5.41, 5.74) is 8.24. The summed E-state index contributed by atoms with van der Waals surface area (Å²) < 4.78 is 39.4. The Morgan fingerprint density at radius 1 is 0.929 bits per heavy atom. The SMILES string of the molecule is Nc1ncc(/C=C/CCCN(CC(=O)NC2CCCCC2)C(=O)CCNC(=O)c2ccc(N3CC(N4CCC(=O)NC4=O)C3)nc2)c2n[nH]c(-c3ccc(C(=O)Nc4cc(C(F)(F)F)ccn4)cc3)c12. The molecular weight excluding hydrogens is 912 g/mol. The third-order valence-corrected chi connectivity index (χ3v) is 12.5. The van der Waals surface area contributed by atoms with Crippen LogP contribution in [0.2, 0.25) is 0 Å². The van der Waals surface area contributed by atoms with Gasteiger partial charge in [0.15, 0.2) is 0 Å². The maximum Gasteiger partial charge on any atom is 0.416 e. The van der Waals surface area contributed by atoms with Crippen molar-refractivity contribution in [1.82, 2.24) is 50.9 Å². The first kappa shape index (κ1) is 48.5. The van der Waals surface area contributed by atoms with Crippen molar-refractivity contribution in [3.8, 4) is 11.3 Å². The van der Waals surface area contributed by atoms with E-state index in [-0.39, 0.29) is 85.5 Å². The molecule has 4 aromatic heterocycles. The molecule has 366 valence electrons. The number of benzene rings is 1. The van der Waals surface area contributed by atoms with Gasteiger partial charge in [-0.25, -0.2) is 19.7 Å². The molecule has 1 saturated carbocycles. The normalized spacial score (nSPS) is 15.7. The van der Waals surface area contributed by atoms with Crippen molar-refractivity contribution in [2.75, 3.05) is 55.2 Å². The van der Waals surface area contributed by atoms with E-state index in [2.05, 4.69) is 46.4 Å². The molecule has 7 amide bonds. The lowest BCUT2D eigenvalue weighted by Crippen LogP contribution is -2.65. The highest BCUT2D eigenvalue weighted by Gasteiger charge is 2.38. The number of pyridine rings is 3. The zero-order chi connectivity index (χ0) is 49.4. The minimum absolute atomic E-state index is 0.0293. The number of aromatic nitrogens is 5. The fraction of sp³-hybridized carbons (Fsp3) is 0.375. The average molecular weight is 964 g/mol. The van der Waals surface area contributed by atoms with E-state index in [9.17, 15) is 41.9 Å². The monoisotopic (exact) mass is 963 g/mol. The second-order valence-electron chi connectivity index (χ2n) is 17.4. The second kappa shape index (κ2) is 21.6. The summed E-state index contributed by atoms with van der Waals surface area (Å²) in [4.78, 5) is 94.1. The maximum atomic E-state index is 13.6. The Morgan fingerprint density at radius 2 is 1.70 bits per heavy atom. The molecule has 19 nitrogen and oxygen atoms in total. The Kier molecular flexibility index (Phi) is 15.0. The van der Waals surface area contributed by atoms with Crippen molar-refractivity contribution < 1.29 is 41.9 Å². The van der Waals surface area contributed by atoms with Gasteiger partial charge in [-0.2, -0.15) is 18.3 Å². The fourth-order valence-corrected chi connectivity index (χ4v) is 8.66. The van der Waals surface area contributed by atoms with Gasteiger partial charge in [0.05, 0.1) is 34.8 Å². The van der Waals surface area contributed by atoms with E-state index >= 15 is 0 Å². The van der Waals surface area contributed by atoms with E-state index in [0.717, 1.165) is 50.4 Å². The molecule has 0 radical (unpaired) electrons. The highest BCUT2D eigenvalue weighted by molar-refractivity contribution is 6.06. The predicted octanol–water partition coefficient (Wildman–Crippen LogP) is 5.29. The molecule has 2 aliphatic heterocycles. The van der Waals surface area contributed by atoms with Crippen LogP contribution in [0.5, 0.6) is 0 Å². The quantitative estimate of drug-likeness (QED) is 0.0651. The molecule has 2 saturated heterocycles. The summed E-state index contributed by atoms with van der Waals surface area (Å²) in [5.74, 6) is -1.23. The topological polar surface area (TPSA) is 254 Å². The van der Waals surface area contributed by atoms with Crippen LogP contribution in [0.25, 0.3) is 28.2 Å². The Morgan fingerprint density at radius 3 is 2.43 bits per heavy atom. The molecule has 0 bridgehead atoms. The molecule has 6 heterocycles. The number of aromatic amines is 1. The van der Waals surface area contributed by atoms with Crippen LogP contribution in [-0.2, 0) is 20.6 Å². The maximum absolute atomic E-state index is 13.6. The van der Waals surface area contributed by atoms with Crippen LogP contribution in [0.4, 0.5) is 35.4 Å². The number of rotatable bonds is 17. The Labute approximate surface area is 399 Å². The lowest BCUT2D eigenvalue weighted by atomic mass is 9.95. The number of carbonyl (C=O) groups is 6.